The first-order valence-electron chi connectivity index (χ1n) is 33.2. The van der Waals surface area contributed by atoms with Crippen LogP contribution in [0, 0.1) is 5.41 Å². The van der Waals surface area contributed by atoms with Crippen molar-refractivity contribution in [2.75, 3.05) is 32.2 Å². The summed E-state index contributed by atoms with van der Waals surface area (Å²) < 4.78 is 10.1. The van der Waals surface area contributed by atoms with Gasteiger partial charge >= 0.3 is 12.2 Å². The average molecular weight is 1340 g/mol. The maximum absolute atomic E-state index is 15.4. The molecule has 2 aliphatic heterocycles. The van der Waals surface area contributed by atoms with E-state index in [0.717, 1.165) is 58.4 Å². The molecule has 22 nitrogen and oxygen atoms in total. The molecule has 96 heavy (non-hydrogen) atoms. The number of nitrogens with zero attached hydrogens (tertiary/aromatic N) is 4. The van der Waals surface area contributed by atoms with Gasteiger partial charge in [-0.25, -0.2) is 9.59 Å². The zero-order valence-electron chi connectivity index (χ0n) is 58.5. The molecule has 1 saturated heterocycles. The Morgan fingerprint density at radius 2 is 1.02 bits per heavy atom. The van der Waals surface area contributed by atoms with Crippen LogP contribution in [0.1, 0.15) is 188 Å². The Balaban J connectivity index is 0.993. The molecule has 0 radical (unpaired) electrons. The first kappa shape index (κ1) is 73.3. The first-order valence-corrected chi connectivity index (χ1v) is 34.5. The van der Waals surface area contributed by atoms with Crippen molar-refractivity contribution in [3.05, 3.63) is 136 Å². The number of aryl methyl sites for hydroxylation is 2. The van der Waals surface area contributed by atoms with E-state index in [2.05, 4.69) is 38.0 Å². The summed E-state index contributed by atoms with van der Waals surface area (Å²) in [4.78, 5) is 148. The standard InChI is InChI=1S/C73H98N10O12S/c1-42(80(14)68(92)94-71(6,7)8)60(84)78-58(70(3,4)5)66(90)83-41-51(39-57(83)65(89)77-55-30-22-26-45-24-18-20-28-53(45)55)75-63(87)47-33-31-46(32-34-47)62(86)74-50-36-35-48-38-56(64(88)76-54-29-21-25-44-23-17-19-27-52(44)54)82(40-49(48)37-50)67(91)59(73(12,13)96-16)79-61(85)43(2)81(15)69(93)95-72(9,10)11/h17-20,23-24,27-28,31-37,42-43,51,54-59H,21-22,25-26,29-30,38-41H2,1-16H3,(H,74,86)(H,75,87)(H,76,88)(H,77,89)(H,78,84)(H,79,85). The topological polar surface area (TPSA) is 274 Å². The van der Waals surface area contributed by atoms with Gasteiger partial charge in [0.1, 0.15) is 47.5 Å². The molecule has 23 heteroatoms. The summed E-state index contributed by atoms with van der Waals surface area (Å²) >= 11 is 1.36. The van der Waals surface area contributed by atoms with Crippen molar-refractivity contribution in [3.63, 3.8) is 0 Å². The minimum absolute atomic E-state index is 0.0538. The summed E-state index contributed by atoms with van der Waals surface area (Å²) in [6, 6.07) is 19.5. The highest BCUT2D eigenvalue weighted by atomic mass is 32.2. The zero-order chi connectivity index (χ0) is 70.5. The Hall–Kier alpha value is -8.47. The second kappa shape index (κ2) is 29.9. The van der Waals surface area contributed by atoms with E-state index in [4.69, 9.17) is 9.47 Å². The van der Waals surface area contributed by atoms with Crippen molar-refractivity contribution < 1.29 is 57.4 Å². The van der Waals surface area contributed by atoms with Gasteiger partial charge in [0.15, 0.2) is 0 Å². The minimum atomic E-state index is -1.18. The van der Waals surface area contributed by atoms with E-state index < -0.39 is 117 Å². The number of carbonyl (C=O) groups excluding carboxylic acids is 10. The maximum Gasteiger partial charge on any atom is 0.410 e. The van der Waals surface area contributed by atoms with Crippen LogP contribution in [0.5, 0.6) is 0 Å². The Morgan fingerprint density at radius 1 is 0.552 bits per heavy atom. The lowest BCUT2D eigenvalue weighted by Crippen LogP contribution is -2.63. The van der Waals surface area contributed by atoms with E-state index in [1.165, 1.54) is 71.7 Å². The van der Waals surface area contributed by atoms with E-state index in [-0.39, 0.29) is 55.0 Å². The molecule has 4 aromatic carbocycles. The lowest BCUT2D eigenvalue weighted by Gasteiger charge is -2.42. The molecule has 0 bridgehead atoms. The quantitative estimate of drug-likeness (QED) is 0.0544. The second-order valence-corrected chi connectivity index (χ2v) is 31.0. The van der Waals surface area contributed by atoms with Crippen molar-refractivity contribution in [1.82, 2.24) is 46.2 Å². The third-order valence-electron chi connectivity index (χ3n) is 18.6. The molecule has 10 amide bonds. The molecular weight excluding hydrogens is 1240 g/mol. The predicted octanol–water partition coefficient (Wildman–Crippen LogP) is 8.95. The first-order chi connectivity index (χ1) is 44.9. The highest BCUT2D eigenvalue weighted by molar-refractivity contribution is 8.00. The number of ether oxygens (including phenoxy) is 2. The molecule has 1 fully saturated rings. The normalized spacial score (nSPS) is 19.8. The summed E-state index contributed by atoms with van der Waals surface area (Å²) in [5.41, 5.74) is 4.03. The number of fused-ring (bicyclic) bond motifs is 3. The number of rotatable bonds is 18. The van der Waals surface area contributed by atoms with Crippen molar-refractivity contribution in [2.24, 2.45) is 5.41 Å². The molecule has 8 rings (SSSR count). The van der Waals surface area contributed by atoms with Crippen LogP contribution in [0.2, 0.25) is 0 Å². The Bertz CT molecular complexity index is 3590. The van der Waals surface area contributed by atoms with E-state index in [1.807, 2.05) is 68.6 Å². The number of thioether (sulfide) groups is 1. The summed E-state index contributed by atoms with van der Waals surface area (Å²) in [6.45, 7) is 22.3. The number of nitrogens with one attached hydrogen (secondary N) is 6. The van der Waals surface area contributed by atoms with Crippen molar-refractivity contribution >= 4 is 76.9 Å². The largest absolute Gasteiger partial charge is 0.444 e. The van der Waals surface area contributed by atoms with Crippen molar-refractivity contribution in [3.8, 4) is 0 Å². The van der Waals surface area contributed by atoms with Crippen LogP contribution in [0.15, 0.2) is 91.0 Å². The lowest BCUT2D eigenvalue weighted by atomic mass is 9.85. The molecule has 0 aromatic heterocycles. The number of anilines is 1. The van der Waals surface area contributed by atoms with Crippen molar-refractivity contribution in [1.29, 1.82) is 0 Å². The Labute approximate surface area is 569 Å². The molecule has 0 saturated carbocycles. The number of hydrogen-bond acceptors (Lipinski definition) is 13. The summed E-state index contributed by atoms with van der Waals surface area (Å²) in [5, 5.41) is 18.3. The van der Waals surface area contributed by atoms with Crippen LogP contribution >= 0.6 is 11.8 Å². The van der Waals surface area contributed by atoms with Crippen LogP contribution < -0.4 is 31.9 Å². The molecule has 9 unspecified atom stereocenters. The van der Waals surface area contributed by atoms with Crippen LogP contribution in [-0.2, 0) is 64.0 Å². The molecule has 518 valence electrons. The van der Waals surface area contributed by atoms with Gasteiger partial charge in [0.2, 0.25) is 35.4 Å². The molecule has 2 aliphatic carbocycles. The third-order valence-corrected chi connectivity index (χ3v) is 19.9. The SMILES string of the molecule is CSC(C)(C)C(NC(=O)C(C)N(C)C(=O)OC(C)(C)C)C(=O)N1Cc2cc(NC(=O)c3ccc(C(=O)NC4CC(C(=O)NC5CCCc6ccccc65)N(C(=O)C(NC(=O)C(C)N(C)C(=O)OC(C)(C)C)C(C)(C)C)C4)cc3)ccc2CC1C(=O)NC1CCCc2ccccc21. The van der Waals surface area contributed by atoms with Gasteiger partial charge in [-0.1, -0.05) is 75.4 Å². The molecule has 6 N–H and O–H groups in total. The Morgan fingerprint density at radius 3 is 1.51 bits per heavy atom. The number of benzene rings is 4. The van der Waals surface area contributed by atoms with E-state index in [1.54, 1.807) is 81.4 Å². The van der Waals surface area contributed by atoms with Crippen molar-refractivity contribution in [2.45, 2.75) is 218 Å². The van der Waals surface area contributed by atoms with Gasteiger partial charge in [-0.3, -0.25) is 48.2 Å². The van der Waals surface area contributed by atoms with Gasteiger partial charge in [0.05, 0.1) is 12.1 Å². The summed E-state index contributed by atoms with van der Waals surface area (Å²) in [7, 11) is 2.89. The van der Waals surface area contributed by atoms with Gasteiger partial charge in [-0.15, -0.1) is 0 Å². The number of carbonyl (C=O) groups is 10. The fraction of sp³-hybridized carbons (Fsp3) is 0.534. The number of likely N-dealkylation sites (N-methyl/N-ethyl adjacent to an activating group) is 2. The van der Waals surface area contributed by atoms with Gasteiger partial charge in [0.25, 0.3) is 11.8 Å². The van der Waals surface area contributed by atoms with Gasteiger partial charge in [-0.2, -0.15) is 11.8 Å². The molecule has 9 atom stereocenters. The predicted molar refractivity (Wildman–Crippen MR) is 369 cm³/mol. The molecule has 0 spiro atoms. The fourth-order valence-corrected chi connectivity index (χ4v) is 13.0. The molecule has 2 heterocycles. The van der Waals surface area contributed by atoms with E-state index in [9.17, 15) is 38.4 Å². The summed E-state index contributed by atoms with van der Waals surface area (Å²) in [5.74, 6) is -4.05. The van der Waals surface area contributed by atoms with E-state index >= 15 is 9.59 Å². The van der Waals surface area contributed by atoms with Gasteiger partial charge in [0, 0.05) is 61.2 Å². The molecular formula is C73H98N10O12S. The Kier molecular flexibility index (Phi) is 22.8. The van der Waals surface area contributed by atoms with Crippen LogP contribution in [0.3, 0.4) is 0 Å². The third kappa shape index (κ3) is 17.8. The van der Waals surface area contributed by atoms with Gasteiger partial charge < -0.3 is 51.2 Å². The lowest BCUT2D eigenvalue weighted by molar-refractivity contribution is -0.145. The smallest absolute Gasteiger partial charge is 0.410 e. The monoisotopic (exact) mass is 1340 g/mol. The second-order valence-electron chi connectivity index (χ2n) is 29.5. The highest BCUT2D eigenvalue weighted by Gasteiger charge is 2.48. The minimum Gasteiger partial charge on any atom is -0.444 e. The summed E-state index contributed by atoms with van der Waals surface area (Å²) in [6.07, 6.45) is 5.45. The average Bonchev–Trinajstić information content (AvgIpc) is 1.19. The number of likely N-dealkylation sites (tertiary alicyclic amines) is 1. The zero-order valence-corrected chi connectivity index (χ0v) is 59.3. The van der Waals surface area contributed by atoms with Gasteiger partial charge in [-0.05, 0) is 196 Å². The van der Waals surface area contributed by atoms with E-state index in [0.29, 0.717) is 24.1 Å². The highest BCUT2D eigenvalue weighted by Crippen LogP contribution is 2.36. The fourth-order valence-electron chi connectivity index (χ4n) is 12.6. The number of amides is 10. The van der Waals surface area contributed by atoms with Crippen LogP contribution in [-0.4, -0.2) is 164 Å². The van der Waals surface area contributed by atoms with Crippen LogP contribution in [0.25, 0.3) is 0 Å². The maximum atomic E-state index is 15.4. The molecule has 4 aromatic rings. The molecule has 4 aliphatic rings. The van der Waals surface area contributed by atoms with Crippen LogP contribution in [0.4, 0.5) is 15.3 Å². The number of hydrogen-bond donors (Lipinski definition) is 6.